The molecular formula is C22H22N2O6. The summed E-state index contributed by atoms with van der Waals surface area (Å²) in [6, 6.07) is 12.8. The van der Waals surface area contributed by atoms with Crippen LogP contribution in [0, 0.1) is 0 Å². The molecule has 156 valence electrons. The Labute approximate surface area is 172 Å². The minimum atomic E-state index is -1.58. The maximum atomic E-state index is 12.8. The Bertz CT molecular complexity index is 1170. The van der Waals surface area contributed by atoms with Gasteiger partial charge in [-0.1, -0.05) is 24.3 Å². The zero-order chi connectivity index (χ0) is 21.8. The van der Waals surface area contributed by atoms with E-state index in [1.807, 2.05) is 30.3 Å². The third-order valence-electron chi connectivity index (χ3n) is 4.87. The van der Waals surface area contributed by atoms with Gasteiger partial charge in [0.1, 0.15) is 0 Å². The lowest BCUT2D eigenvalue weighted by Crippen LogP contribution is -2.24. The van der Waals surface area contributed by atoms with Crippen molar-refractivity contribution in [3.63, 3.8) is 0 Å². The van der Waals surface area contributed by atoms with Gasteiger partial charge in [-0.2, -0.15) is 0 Å². The average molecular weight is 410 g/mol. The number of para-hydroxylation sites is 1. The van der Waals surface area contributed by atoms with E-state index in [4.69, 9.17) is 5.11 Å². The number of fused-ring (bicyclic) bond motifs is 1. The van der Waals surface area contributed by atoms with Gasteiger partial charge in [0.2, 0.25) is 11.3 Å². The van der Waals surface area contributed by atoms with Gasteiger partial charge in [-0.3, -0.25) is 9.59 Å². The third-order valence-corrected chi connectivity index (χ3v) is 4.87. The van der Waals surface area contributed by atoms with Gasteiger partial charge in [0.15, 0.2) is 5.75 Å². The second-order valence-corrected chi connectivity index (χ2v) is 6.84. The van der Waals surface area contributed by atoms with Gasteiger partial charge >= 0.3 is 6.16 Å². The molecule has 0 saturated heterocycles. The van der Waals surface area contributed by atoms with Gasteiger partial charge in [-0.05, 0) is 35.7 Å². The molecule has 0 unspecified atom stereocenters. The lowest BCUT2D eigenvalue weighted by atomic mass is 10.0. The van der Waals surface area contributed by atoms with Crippen LogP contribution in [-0.2, 0) is 17.8 Å². The highest BCUT2D eigenvalue weighted by Gasteiger charge is 2.15. The number of aromatic nitrogens is 1. The molecule has 2 aromatic carbocycles. The van der Waals surface area contributed by atoms with Crippen LogP contribution in [0.4, 0.5) is 10.5 Å². The minimum Gasteiger partial charge on any atom is -0.449 e. The number of pyridine rings is 1. The van der Waals surface area contributed by atoms with Crippen LogP contribution in [0.25, 0.3) is 10.9 Å². The van der Waals surface area contributed by atoms with Gasteiger partial charge in [0, 0.05) is 31.6 Å². The number of aliphatic hydroxyl groups is 1. The topological polar surface area (TPSA) is 109 Å². The fourth-order valence-electron chi connectivity index (χ4n) is 3.36. The standard InChI is InChI=1S/C22H22N2O6/c1-14(26)23(2)18-6-4-3-5-16(18)11-15-7-8-19-17(12-15)21(27)20(30-22(28)29)13-24(19)9-10-25/h3-8,12-13,25H,9-11H2,1-2H3,(H,28,29). The molecule has 0 fully saturated rings. The van der Waals surface area contributed by atoms with Gasteiger partial charge in [0.25, 0.3) is 0 Å². The van der Waals surface area contributed by atoms with Crippen molar-refractivity contribution in [1.82, 2.24) is 4.57 Å². The van der Waals surface area contributed by atoms with E-state index in [1.165, 1.54) is 13.1 Å². The first kappa shape index (κ1) is 21.1. The van der Waals surface area contributed by atoms with Crippen molar-refractivity contribution in [3.8, 4) is 5.75 Å². The first-order valence-electron chi connectivity index (χ1n) is 9.31. The highest BCUT2D eigenvalue weighted by Crippen LogP contribution is 2.24. The predicted molar refractivity (Wildman–Crippen MR) is 112 cm³/mol. The Morgan fingerprint density at radius 3 is 2.57 bits per heavy atom. The molecule has 3 aromatic rings. The summed E-state index contributed by atoms with van der Waals surface area (Å²) < 4.78 is 6.21. The molecule has 0 aliphatic rings. The first-order chi connectivity index (χ1) is 14.3. The van der Waals surface area contributed by atoms with E-state index >= 15 is 0 Å². The van der Waals surface area contributed by atoms with E-state index in [0.29, 0.717) is 11.9 Å². The molecule has 30 heavy (non-hydrogen) atoms. The van der Waals surface area contributed by atoms with Crippen molar-refractivity contribution in [1.29, 1.82) is 0 Å². The maximum absolute atomic E-state index is 12.8. The van der Waals surface area contributed by atoms with Crippen molar-refractivity contribution < 1.29 is 24.5 Å². The largest absolute Gasteiger partial charge is 0.511 e. The number of aliphatic hydroxyl groups excluding tert-OH is 1. The molecule has 0 saturated carbocycles. The summed E-state index contributed by atoms with van der Waals surface area (Å²) in [5.41, 5.74) is 2.50. The highest BCUT2D eigenvalue weighted by molar-refractivity contribution is 5.91. The number of ether oxygens (including phenoxy) is 1. The number of carbonyl (C=O) groups excluding carboxylic acids is 1. The van der Waals surface area contributed by atoms with Crippen LogP contribution in [0.1, 0.15) is 18.1 Å². The van der Waals surface area contributed by atoms with Crippen molar-refractivity contribution in [2.24, 2.45) is 0 Å². The maximum Gasteiger partial charge on any atom is 0.511 e. The predicted octanol–water partition coefficient (Wildman–Crippen LogP) is 2.62. The fraction of sp³-hybridized carbons (Fsp3) is 0.227. The number of hydrogen-bond acceptors (Lipinski definition) is 5. The number of carboxylic acid groups (broad SMARTS) is 1. The van der Waals surface area contributed by atoms with Crippen LogP contribution in [0.15, 0.2) is 53.5 Å². The van der Waals surface area contributed by atoms with E-state index in [1.54, 1.807) is 28.6 Å². The SMILES string of the molecule is CC(=O)N(C)c1ccccc1Cc1ccc2c(c1)c(=O)c(OC(=O)O)cn2CCO. The Morgan fingerprint density at radius 1 is 1.17 bits per heavy atom. The van der Waals surface area contributed by atoms with Crippen LogP contribution in [0.5, 0.6) is 5.75 Å². The second kappa shape index (κ2) is 8.79. The normalized spacial score (nSPS) is 10.8. The summed E-state index contributed by atoms with van der Waals surface area (Å²) in [5, 5.41) is 18.5. The summed E-state index contributed by atoms with van der Waals surface area (Å²) in [6.07, 6.45) is 0.165. The summed E-state index contributed by atoms with van der Waals surface area (Å²) in [7, 11) is 1.70. The molecule has 0 aliphatic carbocycles. The molecule has 2 N–H and O–H groups in total. The van der Waals surface area contributed by atoms with Crippen LogP contribution >= 0.6 is 0 Å². The van der Waals surface area contributed by atoms with E-state index < -0.39 is 11.6 Å². The number of anilines is 1. The number of hydrogen-bond donors (Lipinski definition) is 2. The Morgan fingerprint density at radius 2 is 1.90 bits per heavy atom. The average Bonchev–Trinajstić information content (AvgIpc) is 2.71. The number of carbonyl (C=O) groups is 2. The van der Waals surface area contributed by atoms with Crippen molar-refractivity contribution in [2.75, 3.05) is 18.6 Å². The molecule has 0 bridgehead atoms. The molecule has 3 rings (SSSR count). The smallest absolute Gasteiger partial charge is 0.449 e. The number of benzene rings is 2. The molecule has 1 heterocycles. The van der Waals surface area contributed by atoms with Crippen LogP contribution in [0.3, 0.4) is 0 Å². The second-order valence-electron chi connectivity index (χ2n) is 6.84. The molecule has 0 radical (unpaired) electrons. The molecule has 1 amide bonds. The lowest BCUT2D eigenvalue weighted by molar-refractivity contribution is -0.116. The third kappa shape index (κ3) is 4.33. The van der Waals surface area contributed by atoms with E-state index in [2.05, 4.69) is 4.74 Å². The molecule has 8 heteroatoms. The van der Waals surface area contributed by atoms with E-state index in [-0.39, 0.29) is 30.2 Å². The van der Waals surface area contributed by atoms with Crippen molar-refractivity contribution in [2.45, 2.75) is 19.9 Å². The summed E-state index contributed by atoms with van der Waals surface area (Å²) >= 11 is 0. The Kier molecular flexibility index (Phi) is 6.17. The summed E-state index contributed by atoms with van der Waals surface area (Å²) in [5.74, 6) is -0.416. The summed E-state index contributed by atoms with van der Waals surface area (Å²) in [6.45, 7) is 1.48. The Hall–Kier alpha value is -3.65. The van der Waals surface area contributed by atoms with E-state index in [0.717, 1.165) is 16.8 Å². The lowest BCUT2D eigenvalue weighted by Gasteiger charge is -2.19. The van der Waals surface area contributed by atoms with Crippen LogP contribution < -0.4 is 15.1 Å². The molecule has 0 atom stereocenters. The van der Waals surface area contributed by atoms with Crippen LogP contribution in [0.2, 0.25) is 0 Å². The van der Waals surface area contributed by atoms with Gasteiger partial charge < -0.3 is 24.4 Å². The summed E-state index contributed by atoms with van der Waals surface area (Å²) in [4.78, 5) is 37.1. The number of nitrogens with zero attached hydrogens (tertiary/aromatic N) is 2. The molecular weight excluding hydrogens is 388 g/mol. The van der Waals surface area contributed by atoms with Gasteiger partial charge in [-0.15, -0.1) is 0 Å². The highest BCUT2D eigenvalue weighted by atomic mass is 16.7. The zero-order valence-corrected chi connectivity index (χ0v) is 16.7. The van der Waals surface area contributed by atoms with Crippen LogP contribution in [-0.4, -0.2) is 40.5 Å². The minimum absolute atomic E-state index is 0.0942. The van der Waals surface area contributed by atoms with E-state index in [9.17, 15) is 19.5 Å². The van der Waals surface area contributed by atoms with Gasteiger partial charge in [0.05, 0.1) is 18.3 Å². The fourth-order valence-corrected chi connectivity index (χ4v) is 3.36. The van der Waals surface area contributed by atoms with Crippen molar-refractivity contribution >= 4 is 28.7 Å². The molecule has 0 spiro atoms. The molecule has 8 nitrogen and oxygen atoms in total. The molecule has 0 aliphatic heterocycles. The first-order valence-corrected chi connectivity index (χ1v) is 9.31. The molecule has 1 aromatic heterocycles. The zero-order valence-electron chi connectivity index (χ0n) is 16.7. The van der Waals surface area contributed by atoms with Crippen molar-refractivity contribution in [3.05, 3.63) is 70.0 Å². The quantitative estimate of drug-likeness (QED) is 0.605. The Balaban J connectivity index is 2.09. The van der Waals surface area contributed by atoms with Gasteiger partial charge in [-0.25, -0.2) is 4.79 Å². The number of rotatable bonds is 6. The monoisotopic (exact) mass is 410 g/mol. The number of amides is 1.